The Morgan fingerprint density at radius 3 is 2.74 bits per heavy atom. The highest BCUT2D eigenvalue weighted by atomic mass is 35.5. The number of halogens is 1. The third kappa shape index (κ3) is 3.83. The summed E-state index contributed by atoms with van der Waals surface area (Å²) in [5, 5.41) is 14.4. The van der Waals surface area contributed by atoms with Crippen molar-refractivity contribution in [2.45, 2.75) is 25.8 Å². The van der Waals surface area contributed by atoms with Gasteiger partial charge >= 0.3 is 0 Å². The van der Waals surface area contributed by atoms with Gasteiger partial charge in [-0.1, -0.05) is 35.3 Å². The second-order valence-electron chi connectivity index (χ2n) is 4.67. The van der Waals surface area contributed by atoms with Gasteiger partial charge in [-0.3, -0.25) is 5.43 Å². The van der Waals surface area contributed by atoms with Crippen LogP contribution in [-0.4, -0.2) is 29.1 Å². The van der Waals surface area contributed by atoms with Crippen molar-refractivity contribution >= 4 is 17.4 Å². The number of nitrogens with two attached hydrogens (primary N) is 1. The Kier molecular flexibility index (Phi) is 5.01. The molecule has 19 heavy (non-hydrogen) atoms. The van der Waals surface area contributed by atoms with Crippen LogP contribution in [0, 0.1) is 0 Å². The van der Waals surface area contributed by atoms with Gasteiger partial charge in [-0.05, 0) is 24.5 Å². The molecule has 0 radical (unpaired) electrons. The molecular formula is C13H19ClN4O. The predicted octanol–water partition coefficient (Wildman–Crippen LogP) is 1.93. The van der Waals surface area contributed by atoms with Crippen LogP contribution in [0.2, 0.25) is 5.02 Å². The van der Waals surface area contributed by atoms with Crippen molar-refractivity contribution in [2.75, 3.05) is 13.1 Å². The van der Waals surface area contributed by atoms with Crippen molar-refractivity contribution in [3.05, 3.63) is 34.3 Å². The topological polar surface area (TPSA) is 73.9 Å². The molecular weight excluding hydrogens is 264 g/mol. The minimum atomic E-state index is 0.0671. The summed E-state index contributed by atoms with van der Waals surface area (Å²) < 4.78 is 0. The summed E-state index contributed by atoms with van der Waals surface area (Å²) in [5.74, 6) is 0.0671. The molecule has 1 aromatic carbocycles. The van der Waals surface area contributed by atoms with E-state index in [0.29, 0.717) is 17.1 Å². The number of rotatable bonds is 4. The Balaban J connectivity index is 1.97. The third-order valence-corrected chi connectivity index (χ3v) is 3.66. The van der Waals surface area contributed by atoms with E-state index in [1.165, 1.54) is 19.3 Å². The molecule has 0 atom stereocenters. The number of hydrogen-bond donors (Lipinski definition) is 3. The molecule has 104 valence electrons. The van der Waals surface area contributed by atoms with E-state index in [2.05, 4.69) is 15.6 Å². The van der Waals surface area contributed by atoms with Gasteiger partial charge in [0, 0.05) is 30.2 Å². The molecule has 2 rings (SSSR count). The molecule has 6 heteroatoms. The maximum absolute atomic E-state index is 8.62. The molecule has 0 unspecified atom stereocenters. The average Bonchev–Trinajstić information content (AvgIpc) is 2.46. The molecule has 1 aromatic rings. The largest absolute Gasteiger partial charge is 0.409 e. The molecule has 1 saturated heterocycles. The zero-order chi connectivity index (χ0) is 13.7. The molecule has 1 heterocycles. The molecule has 0 bridgehead atoms. The van der Waals surface area contributed by atoms with Crippen LogP contribution in [0.3, 0.4) is 0 Å². The van der Waals surface area contributed by atoms with Gasteiger partial charge in [0.25, 0.3) is 0 Å². The molecule has 4 N–H and O–H groups in total. The molecule has 0 aromatic heterocycles. The van der Waals surface area contributed by atoms with Crippen molar-refractivity contribution in [3.8, 4) is 0 Å². The van der Waals surface area contributed by atoms with E-state index in [0.717, 1.165) is 18.7 Å². The maximum Gasteiger partial charge on any atom is 0.170 e. The maximum atomic E-state index is 8.62. The van der Waals surface area contributed by atoms with Gasteiger partial charge in [-0.2, -0.15) is 0 Å². The number of nitrogens with zero attached hydrogens (tertiary/aromatic N) is 2. The van der Waals surface area contributed by atoms with Crippen molar-refractivity contribution in [3.63, 3.8) is 0 Å². The zero-order valence-corrected chi connectivity index (χ0v) is 11.5. The SMILES string of the molecule is N/C(=N/O)c1ccc(CNN2CCCCC2)c(Cl)c1. The Labute approximate surface area is 118 Å². The second-order valence-corrected chi connectivity index (χ2v) is 5.08. The zero-order valence-electron chi connectivity index (χ0n) is 10.8. The van der Waals surface area contributed by atoms with Crippen molar-refractivity contribution in [2.24, 2.45) is 10.9 Å². The summed E-state index contributed by atoms with van der Waals surface area (Å²) in [6.45, 7) is 2.86. The molecule has 0 aliphatic carbocycles. The van der Waals surface area contributed by atoms with Crippen LogP contribution in [0.1, 0.15) is 30.4 Å². The van der Waals surface area contributed by atoms with Crippen molar-refractivity contribution in [1.82, 2.24) is 10.4 Å². The number of benzene rings is 1. The minimum Gasteiger partial charge on any atom is -0.409 e. The number of oxime groups is 1. The minimum absolute atomic E-state index is 0.0671. The van der Waals surface area contributed by atoms with Crippen LogP contribution in [0.5, 0.6) is 0 Å². The molecule has 0 amide bonds. The van der Waals surface area contributed by atoms with Gasteiger partial charge in [0.1, 0.15) is 0 Å². The van der Waals surface area contributed by atoms with Gasteiger partial charge in [0.15, 0.2) is 5.84 Å². The highest BCUT2D eigenvalue weighted by molar-refractivity contribution is 6.31. The van der Waals surface area contributed by atoms with Gasteiger partial charge in [-0.25, -0.2) is 5.01 Å². The number of amidine groups is 1. The average molecular weight is 283 g/mol. The Morgan fingerprint density at radius 1 is 1.37 bits per heavy atom. The number of hydrazine groups is 1. The fraction of sp³-hybridized carbons (Fsp3) is 0.462. The predicted molar refractivity (Wildman–Crippen MR) is 76.2 cm³/mol. The quantitative estimate of drug-likeness (QED) is 0.341. The first kappa shape index (κ1) is 14.1. The first-order valence-corrected chi connectivity index (χ1v) is 6.83. The van der Waals surface area contributed by atoms with E-state index in [-0.39, 0.29) is 5.84 Å². The van der Waals surface area contributed by atoms with Crippen LogP contribution in [-0.2, 0) is 6.54 Å². The fourth-order valence-corrected chi connectivity index (χ4v) is 2.40. The van der Waals surface area contributed by atoms with Crippen LogP contribution in [0.15, 0.2) is 23.4 Å². The number of nitrogens with one attached hydrogen (secondary N) is 1. The van der Waals surface area contributed by atoms with Crippen LogP contribution < -0.4 is 11.2 Å². The van der Waals surface area contributed by atoms with E-state index >= 15 is 0 Å². The lowest BCUT2D eigenvalue weighted by Crippen LogP contribution is -2.41. The van der Waals surface area contributed by atoms with Gasteiger partial charge < -0.3 is 10.9 Å². The van der Waals surface area contributed by atoms with Crippen LogP contribution >= 0.6 is 11.6 Å². The van der Waals surface area contributed by atoms with Crippen molar-refractivity contribution < 1.29 is 5.21 Å². The molecule has 0 spiro atoms. The smallest absolute Gasteiger partial charge is 0.170 e. The Hall–Kier alpha value is -1.30. The summed E-state index contributed by atoms with van der Waals surface area (Å²) in [6.07, 6.45) is 3.79. The molecule has 1 aliphatic rings. The first-order chi connectivity index (χ1) is 9.20. The highest BCUT2D eigenvalue weighted by Crippen LogP contribution is 2.18. The standard InChI is InChI=1S/C13H19ClN4O/c14-12-8-10(13(15)17-19)4-5-11(12)9-16-18-6-2-1-3-7-18/h4-5,8,16,19H,1-3,6-7,9H2,(H2,15,17). The summed E-state index contributed by atoms with van der Waals surface area (Å²) in [4.78, 5) is 0. The van der Waals surface area contributed by atoms with Crippen molar-refractivity contribution in [1.29, 1.82) is 0 Å². The normalized spacial score (nSPS) is 17.6. The first-order valence-electron chi connectivity index (χ1n) is 6.45. The Morgan fingerprint density at radius 2 is 2.11 bits per heavy atom. The van der Waals surface area contributed by atoms with Gasteiger partial charge in [0.05, 0.1) is 0 Å². The lowest BCUT2D eigenvalue weighted by Gasteiger charge is -2.27. The van der Waals surface area contributed by atoms with Crippen LogP contribution in [0.4, 0.5) is 0 Å². The number of piperidine rings is 1. The van der Waals surface area contributed by atoms with E-state index in [1.807, 2.05) is 6.07 Å². The Bertz CT molecular complexity index is 458. The second kappa shape index (κ2) is 6.75. The summed E-state index contributed by atoms with van der Waals surface area (Å²) >= 11 is 6.20. The van der Waals surface area contributed by atoms with E-state index < -0.39 is 0 Å². The van der Waals surface area contributed by atoms with E-state index in [4.69, 9.17) is 22.5 Å². The fourth-order valence-electron chi connectivity index (χ4n) is 2.16. The van der Waals surface area contributed by atoms with Gasteiger partial charge in [0.2, 0.25) is 0 Å². The molecule has 0 saturated carbocycles. The molecule has 1 aliphatic heterocycles. The lowest BCUT2D eigenvalue weighted by atomic mass is 10.1. The summed E-state index contributed by atoms with van der Waals surface area (Å²) in [6, 6.07) is 5.41. The van der Waals surface area contributed by atoms with E-state index in [1.54, 1.807) is 12.1 Å². The summed E-state index contributed by atoms with van der Waals surface area (Å²) in [7, 11) is 0. The number of hydrogen-bond acceptors (Lipinski definition) is 4. The van der Waals surface area contributed by atoms with Crippen LogP contribution in [0.25, 0.3) is 0 Å². The molecule has 1 fully saturated rings. The molecule has 5 nitrogen and oxygen atoms in total. The van der Waals surface area contributed by atoms with Gasteiger partial charge in [-0.15, -0.1) is 0 Å². The summed E-state index contributed by atoms with van der Waals surface area (Å²) in [5.41, 5.74) is 10.5. The third-order valence-electron chi connectivity index (χ3n) is 3.31. The van der Waals surface area contributed by atoms with E-state index in [9.17, 15) is 0 Å². The monoisotopic (exact) mass is 282 g/mol. The lowest BCUT2D eigenvalue weighted by molar-refractivity contribution is 0.151. The highest BCUT2D eigenvalue weighted by Gasteiger charge is 2.10.